The lowest BCUT2D eigenvalue weighted by Gasteiger charge is -2.14. The summed E-state index contributed by atoms with van der Waals surface area (Å²) in [5, 5.41) is 13.1. The number of aromatic amines is 1. The van der Waals surface area contributed by atoms with E-state index in [1.807, 2.05) is 19.9 Å². The summed E-state index contributed by atoms with van der Waals surface area (Å²) >= 11 is 0. The van der Waals surface area contributed by atoms with Crippen LogP contribution in [0.25, 0.3) is 0 Å². The minimum Gasteiger partial charge on any atom is -0.446 e. The van der Waals surface area contributed by atoms with E-state index in [0.717, 1.165) is 31.2 Å². The first-order valence-corrected chi connectivity index (χ1v) is 11.3. The molecule has 29 heavy (non-hydrogen) atoms. The normalized spacial score (nSPS) is 19.2. The number of hydrogen-bond acceptors (Lipinski definition) is 7. The van der Waals surface area contributed by atoms with Gasteiger partial charge in [-0.3, -0.25) is 9.82 Å². The first-order chi connectivity index (χ1) is 13.7. The number of nitrogens with one attached hydrogen (secondary N) is 4. The number of pyridine rings is 1. The predicted octanol–water partition coefficient (Wildman–Crippen LogP) is 2.69. The second-order valence-corrected chi connectivity index (χ2v) is 9.22. The van der Waals surface area contributed by atoms with Crippen LogP contribution >= 0.6 is 0 Å². The zero-order chi connectivity index (χ0) is 21.0. The van der Waals surface area contributed by atoms with Gasteiger partial charge in [-0.25, -0.2) is 18.2 Å². The van der Waals surface area contributed by atoms with Crippen molar-refractivity contribution < 1.29 is 17.9 Å². The number of carbonyl (C=O) groups excluding carboxylic acids is 1. The third kappa shape index (κ3) is 6.34. The first-order valence-electron chi connectivity index (χ1n) is 9.41. The molecule has 1 saturated carbocycles. The van der Waals surface area contributed by atoms with Gasteiger partial charge in [0.25, 0.3) is 0 Å². The number of sulfonamides is 1. The fourth-order valence-corrected chi connectivity index (χ4v) is 3.78. The van der Waals surface area contributed by atoms with E-state index in [9.17, 15) is 13.2 Å². The lowest BCUT2D eigenvalue weighted by Crippen LogP contribution is -2.33. The minimum atomic E-state index is -3.34. The highest BCUT2D eigenvalue weighted by molar-refractivity contribution is 7.92. The molecule has 1 fully saturated rings. The number of alkyl carbamates (subject to hydrolysis) is 1. The van der Waals surface area contributed by atoms with E-state index in [-0.39, 0.29) is 24.2 Å². The number of anilines is 3. The van der Waals surface area contributed by atoms with Crippen LogP contribution in [0.1, 0.15) is 44.7 Å². The topological polar surface area (TPSA) is 138 Å². The summed E-state index contributed by atoms with van der Waals surface area (Å²) < 4.78 is 30.3. The van der Waals surface area contributed by atoms with Crippen LogP contribution < -0.4 is 15.4 Å². The Morgan fingerprint density at radius 3 is 2.72 bits per heavy atom. The number of carbonyl (C=O) groups is 1. The van der Waals surface area contributed by atoms with Crippen LogP contribution in [-0.4, -0.2) is 48.1 Å². The van der Waals surface area contributed by atoms with Crippen LogP contribution in [0.4, 0.5) is 22.1 Å². The number of H-pyrrole nitrogens is 1. The first kappa shape index (κ1) is 20.9. The molecule has 4 N–H and O–H groups in total. The summed E-state index contributed by atoms with van der Waals surface area (Å²) in [6.07, 6.45) is 4.50. The van der Waals surface area contributed by atoms with Crippen molar-refractivity contribution in [2.45, 2.75) is 51.2 Å². The molecule has 2 heterocycles. The lowest BCUT2D eigenvalue weighted by atomic mass is 10.0. The number of amides is 1. The van der Waals surface area contributed by atoms with Crippen molar-refractivity contribution in [3.63, 3.8) is 0 Å². The van der Waals surface area contributed by atoms with Crippen LogP contribution in [0.5, 0.6) is 0 Å². The fourth-order valence-electron chi connectivity index (χ4n) is 3.23. The van der Waals surface area contributed by atoms with Gasteiger partial charge in [-0.1, -0.05) is 0 Å². The van der Waals surface area contributed by atoms with Gasteiger partial charge >= 0.3 is 6.09 Å². The molecule has 1 aliphatic carbocycles. The van der Waals surface area contributed by atoms with Crippen molar-refractivity contribution in [1.82, 2.24) is 20.5 Å². The molecule has 11 heteroatoms. The molecular weight excluding hydrogens is 396 g/mol. The molecule has 10 nitrogen and oxygen atoms in total. The highest BCUT2D eigenvalue weighted by Gasteiger charge is 2.30. The second-order valence-electron chi connectivity index (χ2n) is 7.48. The van der Waals surface area contributed by atoms with Gasteiger partial charge in [0.2, 0.25) is 10.0 Å². The maximum absolute atomic E-state index is 11.8. The number of aromatic nitrogens is 3. The zero-order valence-electron chi connectivity index (χ0n) is 16.6. The Balaban J connectivity index is 1.54. The van der Waals surface area contributed by atoms with Crippen LogP contribution in [0, 0.1) is 0 Å². The number of ether oxygens (including phenoxy) is 1. The van der Waals surface area contributed by atoms with Gasteiger partial charge in [0.15, 0.2) is 5.82 Å². The van der Waals surface area contributed by atoms with Crippen LogP contribution in [0.2, 0.25) is 0 Å². The maximum Gasteiger partial charge on any atom is 0.407 e. The Bertz CT molecular complexity index is 942. The molecule has 1 aliphatic rings. The Hall–Kier alpha value is -2.82. The molecule has 0 unspecified atom stereocenters. The standard InChI is InChI=1S/C18H26N6O4S/c1-11(2)20-18(25)28-14-6-4-12(8-14)15-9-17(23-22-15)21-16-7-5-13(10-19-16)24-29(3,26)27/h5,7,9-12,14,24H,4,6,8H2,1-3H3,(H,20,25)(H2,19,21,22,23)/t12-,14+/m1/s1. The van der Waals surface area contributed by atoms with Crippen molar-refractivity contribution >= 4 is 33.4 Å². The lowest BCUT2D eigenvalue weighted by molar-refractivity contribution is 0.0981. The van der Waals surface area contributed by atoms with E-state index in [0.29, 0.717) is 17.3 Å². The molecule has 0 spiro atoms. The van der Waals surface area contributed by atoms with Crippen LogP contribution in [-0.2, 0) is 14.8 Å². The second kappa shape index (κ2) is 8.68. The Labute approximate surface area is 169 Å². The van der Waals surface area contributed by atoms with E-state index in [4.69, 9.17) is 4.74 Å². The molecule has 2 atom stereocenters. The molecule has 0 radical (unpaired) electrons. The smallest absolute Gasteiger partial charge is 0.407 e. The van der Waals surface area contributed by atoms with Crippen LogP contribution in [0.3, 0.4) is 0 Å². The van der Waals surface area contributed by atoms with Crippen molar-refractivity contribution in [3.05, 3.63) is 30.1 Å². The summed E-state index contributed by atoms with van der Waals surface area (Å²) in [7, 11) is -3.34. The molecule has 2 aromatic heterocycles. The zero-order valence-corrected chi connectivity index (χ0v) is 17.4. The van der Waals surface area contributed by atoms with Crippen LogP contribution in [0.15, 0.2) is 24.4 Å². The van der Waals surface area contributed by atoms with Gasteiger partial charge in [0, 0.05) is 23.7 Å². The molecule has 0 aliphatic heterocycles. The minimum absolute atomic E-state index is 0.0470. The van der Waals surface area contributed by atoms with Gasteiger partial charge < -0.3 is 15.4 Å². The average Bonchev–Trinajstić information content (AvgIpc) is 3.24. The van der Waals surface area contributed by atoms with E-state index >= 15 is 0 Å². The maximum atomic E-state index is 11.8. The average molecular weight is 423 g/mol. The largest absolute Gasteiger partial charge is 0.446 e. The van der Waals surface area contributed by atoms with Gasteiger partial charge in [-0.15, -0.1) is 0 Å². The summed E-state index contributed by atoms with van der Waals surface area (Å²) in [6.45, 7) is 3.78. The third-order valence-corrected chi connectivity index (χ3v) is 5.03. The fraction of sp³-hybridized carbons (Fsp3) is 0.500. The summed E-state index contributed by atoms with van der Waals surface area (Å²) in [5.41, 5.74) is 1.36. The number of hydrogen-bond donors (Lipinski definition) is 4. The Morgan fingerprint density at radius 1 is 1.28 bits per heavy atom. The molecule has 0 aromatic carbocycles. The summed E-state index contributed by atoms with van der Waals surface area (Å²) in [6, 6.07) is 5.23. The van der Waals surface area contributed by atoms with E-state index < -0.39 is 10.0 Å². The van der Waals surface area contributed by atoms with E-state index in [1.165, 1.54) is 6.20 Å². The molecule has 1 amide bonds. The quantitative estimate of drug-likeness (QED) is 0.538. The van der Waals surface area contributed by atoms with Crippen molar-refractivity contribution in [2.24, 2.45) is 0 Å². The Morgan fingerprint density at radius 2 is 2.07 bits per heavy atom. The number of nitrogens with zero attached hydrogens (tertiary/aromatic N) is 2. The van der Waals surface area contributed by atoms with Gasteiger partial charge in [0.1, 0.15) is 11.9 Å². The Kier molecular flexibility index (Phi) is 6.26. The number of rotatable bonds is 7. The van der Waals surface area contributed by atoms with Crippen molar-refractivity contribution in [1.29, 1.82) is 0 Å². The molecule has 0 bridgehead atoms. The van der Waals surface area contributed by atoms with Gasteiger partial charge in [-0.05, 0) is 45.2 Å². The highest BCUT2D eigenvalue weighted by Crippen LogP contribution is 2.36. The monoisotopic (exact) mass is 422 g/mol. The highest BCUT2D eigenvalue weighted by atomic mass is 32.2. The third-order valence-electron chi connectivity index (χ3n) is 4.43. The SMILES string of the molecule is CC(C)NC(=O)O[C@H]1CC[C@@H](c2cc(Nc3ccc(NS(C)(=O)=O)cn3)n[nH]2)C1. The molecule has 3 rings (SSSR count). The molecule has 158 valence electrons. The molecular formula is C18H26N6O4S. The summed E-state index contributed by atoms with van der Waals surface area (Å²) in [5.74, 6) is 1.39. The van der Waals surface area contributed by atoms with Crippen molar-refractivity contribution in [2.75, 3.05) is 16.3 Å². The van der Waals surface area contributed by atoms with Gasteiger partial charge in [0.05, 0.1) is 18.1 Å². The van der Waals surface area contributed by atoms with Gasteiger partial charge in [-0.2, -0.15) is 5.10 Å². The summed E-state index contributed by atoms with van der Waals surface area (Å²) in [4.78, 5) is 15.9. The van der Waals surface area contributed by atoms with E-state index in [2.05, 4.69) is 30.5 Å². The molecule has 2 aromatic rings. The molecule has 0 saturated heterocycles. The predicted molar refractivity (Wildman–Crippen MR) is 110 cm³/mol. The van der Waals surface area contributed by atoms with E-state index in [1.54, 1.807) is 12.1 Å². The van der Waals surface area contributed by atoms with Crippen molar-refractivity contribution in [3.8, 4) is 0 Å².